The molecule has 4 fully saturated rings. The van der Waals surface area contributed by atoms with Gasteiger partial charge >= 0.3 is 6.18 Å². The van der Waals surface area contributed by atoms with Gasteiger partial charge in [0.2, 0.25) is 11.8 Å². The summed E-state index contributed by atoms with van der Waals surface area (Å²) in [5.41, 5.74) is -0.704. The number of rotatable bonds is 7. The summed E-state index contributed by atoms with van der Waals surface area (Å²) in [4.78, 5) is 72.1. The van der Waals surface area contributed by atoms with Crippen LogP contribution >= 0.6 is 0 Å². The predicted octanol–water partition coefficient (Wildman–Crippen LogP) is 3.87. The Balaban J connectivity index is 0.881. The number of alkyl halides is 3. The molecule has 3 atom stereocenters. The van der Waals surface area contributed by atoms with Gasteiger partial charge in [-0.3, -0.25) is 43.8 Å². The lowest BCUT2D eigenvalue weighted by Gasteiger charge is -2.46. The maximum atomic E-state index is 13.5. The van der Waals surface area contributed by atoms with Gasteiger partial charge < -0.3 is 15.1 Å². The summed E-state index contributed by atoms with van der Waals surface area (Å²) >= 11 is 0. The van der Waals surface area contributed by atoms with E-state index in [-0.39, 0.29) is 41.7 Å². The molecule has 5 aliphatic heterocycles. The fraction of sp³-hybridized carbons (Fsp3) is 0.462. The van der Waals surface area contributed by atoms with Gasteiger partial charge in [0.05, 0.1) is 40.2 Å². The first-order valence-electron chi connectivity index (χ1n) is 18.7. The number of anilines is 3. The van der Waals surface area contributed by atoms with E-state index < -0.39 is 58.4 Å². The molecule has 1 aromatic heterocycles. The van der Waals surface area contributed by atoms with Crippen LogP contribution < -0.4 is 20.4 Å². The van der Waals surface area contributed by atoms with Crippen molar-refractivity contribution in [2.75, 3.05) is 41.3 Å². The summed E-state index contributed by atoms with van der Waals surface area (Å²) in [5, 5.41) is 18.4. The Kier molecular flexibility index (Phi) is 9.14. The molecule has 0 spiro atoms. The number of piperidine rings is 2. The second-order valence-electron chi connectivity index (χ2n) is 15.6. The SMILES string of the molecule is CC(C)(C(=O)Nc1ccc(C#N)c(C(F)(F)F)c1)n1cc(N2C3CCC2CC(N2CCN(c4ccc5c(c4)C(=O)N(C4CCC(=O)NC4=O)C5=O)CC2)C3)cn1. The summed E-state index contributed by atoms with van der Waals surface area (Å²) in [6, 6.07) is 9.76. The zero-order valence-corrected chi connectivity index (χ0v) is 30.8. The van der Waals surface area contributed by atoms with Gasteiger partial charge in [0.25, 0.3) is 17.7 Å². The molecule has 6 heterocycles. The number of imide groups is 2. The third-order valence-electron chi connectivity index (χ3n) is 12.0. The summed E-state index contributed by atoms with van der Waals surface area (Å²) < 4.78 is 42.1. The van der Waals surface area contributed by atoms with Crippen LogP contribution in [0.4, 0.5) is 30.2 Å². The van der Waals surface area contributed by atoms with Crippen molar-refractivity contribution in [1.82, 2.24) is 24.9 Å². The van der Waals surface area contributed by atoms with Crippen molar-refractivity contribution in [1.29, 1.82) is 5.26 Å². The average Bonchev–Trinajstić information content (AvgIpc) is 3.83. The fourth-order valence-electron chi connectivity index (χ4n) is 8.96. The van der Waals surface area contributed by atoms with Gasteiger partial charge in [0, 0.05) is 68.3 Å². The molecule has 2 bridgehead atoms. The largest absolute Gasteiger partial charge is 0.417 e. The highest BCUT2D eigenvalue weighted by Crippen LogP contribution is 2.42. The zero-order valence-electron chi connectivity index (χ0n) is 30.8. The maximum absolute atomic E-state index is 13.5. The molecule has 3 unspecified atom stereocenters. The van der Waals surface area contributed by atoms with Gasteiger partial charge in [0.15, 0.2) is 0 Å². The van der Waals surface area contributed by atoms with E-state index in [1.165, 1.54) is 10.7 Å². The quantitative estimate of drug-likeness (QED) is 0.337. The first-order valence-corrected chi connectivity index (χ1v) is 18.7. The molecule has 14 nitrogen and oxygen atoms in total. The van der Waals surface area contributed by atoms with Gasteiger partial charge in [-0.1, -0.05) is 0 Å². The topological polar surface area (TPSA) is 164 Å². The third-order valence-corrected chi connectivity index (χ3v) is 12.0. The Bertz CT molecular complexity index is 2170. The lowest BCUT2D eigenvalue weighted by Crippen LogP contribution is -2.56. The van der Waals surface area contributed by atoms with Crippen LogP contribution in [0, 0.1) is 11.3 Å². The molecule has 2 N–H and O–H groups in total. The summed E-state index contributed by atoms with van der Waals surface area (Å²) in [5.74, 6) is -2.66. The number of aromatic nitrogens is 2. The molecule has 4 saturated heterocycles. The van der Waals surface area contributed by atoms with Crippen LogP contribution in [0.5, 0.6) is 0 Å². The number of carbonyl (C=O) groups is 5. The fourth-order valence-corrected chi connectivity index (χ4v) is 8.96. The van der Waals surface area contributed by atoms with Crippen LogP contribution in [0.1, 0.15) is 84.2 Å². The summed E-state index contributed by atoms with van der Waals surface area (Å²) in [6.45, 7) is 6.39. The maximum Gasteiger partial charge on any atom is 0.417 e. The van der Waals surface area contributed by atoms with Gasteiger partial charge in [-0.25, -0.2) is 0 Å². The number of amides is 5. The molecule has 0 saturated carbocycles. The zero-order chi connectivity index (χ0) is 39.7. The Hall–Kier alpha value is -5.76. The number of hydrogen-bond acceptors (Lipinski definition) is 10. The molecule has 17 heteroatoms. The molecule has 0 radical (unpaired) electrons. The van der Waals surface area contributed by atoms with E-state index in [2.05, 4.69) is 30.4 Å². The van der Waals surface area contributed by atoms with Crippen LogP contribution in [0.3, 0.4) is 0 Å². The number of fused-ring (bicyclic) bond motifs is 3. The molecule has 5 amide bonds. The van der Waals surface area contributed by atoms with Gasteiger partial charge in [-0.15, -0.1) is 0 Å². The van der Waals surface area contributed by atoms with Crippen molar-refractivity contribution < 1.29 is 37.1 Å². The van der Waals surface area contributed by atoms with E-state index in [0.29, 0.717) is 6.04 Å². The van der Waals surface area contributed by atoms with E-state index in [4.69, 9.17) is 5.26 Å². The van der Waals surface area contributed by atoms with Gasteiger partial charge in [-0.2, -0.15) is 23.5 Å². The first kappa shape index (κ1) is 37.2. The number of hydrogen-bond donors (Lipinski definition) is 2. The number of piperazine rings is 1. The van der Waals surface area contributed by atoms with Crippen molar-refractivity contribution in [3.8, 4) is 6.07 Å². The monoisotopic (exact) mass is 771 g/mol. The molecular formula is C39H40F3N9O5. The molecule has 56 heavy (non-hydrogen) atoms. The molecule has 292 valence electrons. The Morgan fingerprint density at radius 3 is 2.25 bits per heavy atom. The number of nitrogens with zero attached hydrogens (tertiary/aromatic N) is 7. The predicted molar refractivity (Wildman–Crippen MR) is 196 cm³/mol. The van der Waals surface area contributed by atoms with E-state index in [1.807, 2.05) is 12.3 Å². The molecule has 8 rings (SSSR count). The standard InChI is InChI=1S/C39H40F3N9O5/c1-38(2,37(56)45-23-4-3-22(19-43)31(15-23)39(40,41)42)49-21-28(20-44-49)50-25-5-6-26(50)17-27(16-25)48-13-11-47(12-14-48)24-7-8-29-30(18-24)36(55)51(35(29)54)32-9-10-33(52)46-34(32)53/h3-4,7-8,15,18,20-21,25-27,32H,5-6,9-14,16-17H2,1-2H3,(H,45,56)(H,46,52,53). The first-order chi connectivity index (χ1) is 26.6. The summed E-state index contributed by atoms with van der Waals surface area (Å²) in [7, 11) is 0. The van der Waals surface area contributed by atoms with E-state index in [9.17, 15) is 37.1 Å². The molecule has 5 aliphatic rings. The average molecular weight is 772 g/mol. The van der Waals surface area contributed by atoms with Gasteiger partial charge in [-0.05, 0) is 82.3 Å². The van der Waals surface area contributed by atoms with Crippen LogP contribution in [-0.2, 0) is 26.1 Å². The lowest BCUT2D eigenvalue weighted by molar-refractivity contribution is -0.138. The van der Waals surface area contributed by atoms with Crippen molar-refractivity contribution in [3.63, 3.8) is 0 Å². The van der Waals surface area contributed by atoms with Gasteiger partial charge in [0.1, 0.15) is 11.6 Å². The Morgan fingerprint density at radius 2 is 1.59 bits per heavy atom. The van der Waals surface area contributed by atoms with Crippen molar-refractivity contribution in [2.45, 2.75) is 88.3 Å². The minimum absolute atomic E-state index is 0.0634. The summed E-state index contributed by atoms with van der Waals surface area (Å²) in [6.07, 6.45) is 2.94. The van der Waals surface area contributed by atoms with Crippen LogP contribution in [0.25, 0.3) is 0 Å². The second kappa shape index (κ2) is 13.8. The van der Waals surface area contributed by atoms with E-state index in [0.717, 1.165) is 80.3 Å². The number of benzene rings is 2. The molecule has 0 aliphatic carbocycles. The lowest BCUT2D eigenvalue weighted by atomic mass is 9.95. The van der Waals surface area contributed by atoms with Crippen LogP contribution in [0.2, 0.25) is 0 Å². The van der Waals surface area contributed by atoms with Crippen LogP contribution in [-0.4, -0.2) is 99.5 Å². The Morgan fingerprint density at radius 1 is 0.893 bits per heavy atom. The smallest absolute Gasteiger partial charge is 0.369 e. The molecule has 2 aromatic carbocycles. The normalized spacial score (nSPS) is 24.3. The highest BCUT2D eigenvalue weighted by atomic mass is 19.4. The van der Waals surface area contributed by atoms with Crippen molar-refractivity contribution in [3.05, 3.63) is 71.0 Å². The Labute approximate surface area is 320 Å². The number of carbonyl (C=O) groups excluding carboxylic acids is 5. The molecule has 3 aromatic rings. The van der Waals surface area contributed by atoms with Crippen LogP contribution in [0.15, 0.2) is 48.8 Å². The highest BCUT2D eigenvalue weighted by molar-refractivity contribution is 6.23. The number of nitriles is 1. The van der Waals surface area contributed by atoms with Crippen molar-refractivity contribution >= 4 is 46.6 Å². The van der Waals surface area contributed by atoms with E-state index >= 15 is 0 Å². The third kappa shape index (κ3) is 6.45. The number of nitrogens with one attached hydrogen (secondary N) is 2. The minimum Gasteiger partial charge on any atom is -0.369 e. The van der Waals surface area contributed by atoms with E-state index in [1.54, 1.807) is 38.2 Å². The molecular weight excluding hydrogens is 731 g/mol. The minimum atomic E-state index is -4.75. The highest BCUT2D eigenvalue weighted by Gasteiger charge is 2.46. The second-order valence-corrected chi connectivity index (χ2v) is 15.6. The van der Waals surface area contributed by atoms with Crippen molar-refractivity contribution in [2.24, 2.45) is 0 Å². The number of halogens is 3.